The monoisotopic (exact) mass is 396 g/mol. The summed E-state index contributed by atoms with van der Waals surface area (Å²) < 4.78 is 1.67. The van der Waals surface area contributed by atoms with Gasteiger partial charge in [-0.05, 0) is 30.7 Å². The number of nitrogens with one attached hydrogen (secondary N) is 1. The molecule has 6 heteroatoms. The van der Waals surface area contributed by atoms with Crippen LogP contribution in [0.5, 0.6) is 0 Å². The van der Waals surface area contributed by atoms with Crippen molar-refractivity contribution in [3.8, 4) is 5.69 Å². The molecule has 0 fully saturated rings. The van der Waals surface area contributed by atoms with Crippen molar-refractivity contribution in [3.05, 3.63) is 114 Å². The molecular weight excluding hydrogens is 376 g/mol. The molecule has 1 heterocycles. The van der Waals surface area contributed by atoms with Crippen LogP contribution in [0.25, 0.3) is 5.69 Å². The SMILES string of the molecule is C[C@H](NC(=O)c1ccccc1C(=O)c1ccccc1)c1ccc(-n2cncn2)cc1. The van der Waals surface area contributed by atoms with Gasteiger partial charge in [0.05, 0.1) is 17.3 Å². The minimum Gasteiger partial charge on any atom is -0.345 e. The first-order valence-corrected chi connectivity index (χ1v) is 9.58. The smallest absolute Gasteiger partial charge is 0.252 e. The number of benzene rings is 3. The van der Waals surface area contributed by atoms with Gasteiger partial charge in [0.2, 0.25) is 0 Å². The fourth-order valence-corrected chi connectivity index (χ4v) is 3.24. The van der Waals surface area contributed by atoms with Crippen LogP contribution in [-0.4, -0.2) is 26.5 Å². The lowest BCUT2D eigenvalue weighted by molar-refractivity contribution is 0.0929. The Kier molecular flexibility index (Phi) is 5.48. The highest BCUT2D eigenvalue weighted by Crippen LogP contribution is 2.18. The Morgan fingerprint density at radius 2 is 1.53 bits per heavy atom. The fourth-order valence-electron chi connectivity index (χ4n) is 3.24. The van der Waals surface area contributed by atoms with Crippen LogP contribution < -0.4 is 5.32 Å². The van der Waals surface area contributed by atoms with Crippen LogP contribution >= 0.6 is 0 Å². The molecule has 0 saturated carbocycles. The van der Waals surface area contributed by atoms with Crippen LogP contribution in [0.15, 0.2) is 91.5 Å². The van der Waals surface area contributed by atoms with Crippen molar-refractivity contribution in [3.63, 3.8) is 0 Å². The first kappa shape index (κ1) is 19.3. The van der Waals surface area contributed by atoms with Crippen molar-refractivity contribution >= 4 is 11.7 Å². The van der Waals surface area contributed by atoms with E-state index >= 15 is 0 Å². The third-order valence-corrected chi connectivity index (χ3v) is 4.88. The van der Waals surface area contributed by atoms with Gasteiger partial charge in [0, 0.05) is 11.1 Å². The number of ketones is 1. The Hall–Kier alpha value is -4.06. The summed E-state index contributed by atoms with van der Waals surface area (Å²) >= 11 is 0. The summed E-state index contributed by atoms with van der Waals surface area (Å²) in [5, 5.41) is 7.09. The molecule has 0 saturated heterocycles. The zero-order valence-corrected chi connectivity index (χ0v) is 16.4. The molecule has 1 amide bonds. The number of carbonyl (C=O) groups excluding carboxylic acids is 2. The Bertz CT molecular complexity index is 1150. The number of hydrogen-bond acceptors (Lipinski definition) is 4. The molecule has 0 aliphatic carbocycles. The average molecular weight is 396 g/mol. The molecule has 0 aliphatic rings. The van der Waals surface area contributed by atoms with Crippen molar-refractivity contribution in [1.29, 1.82) is 0 Å². The number of carbonyl (C=O) groups is 2. The van der Waals surface area contributed by atoms with E-state index < -0.39 is 0 Å². The molecule has 30 heavy (non-hydrogen) atoms. The minimum atomic E-state index is -0.289. The van der Waals surface area contributed by atoms with E-state index in [-0.39, 0.29) is 17.7 Å². The average Bonchev–Trinajstić information content (AvgIpc) is 3.34. The van der Waals surface area contributed by atoms with Gasteiger partial charge in [-0.3, -0.25) is 9.59 Å². The van der Waals surface area contributed by atoms with Crippen molar-refractivity contribution in [2.45, 2.75) is 13.0 Å². The highest BCUT2D eigenvalue weighted by atomic mass is 16.2. The zero-order valence-electron chi connectivity index (χ0n) is 16.4. The number of rotatable bonds is 6. The molecule has 4 rings (SSSR count). The maximum atomic E-state index is 13.0. The van der Waals surface area contributed by atoms with E-state index in [2.05, 4.69) is 15.4 Å². The lowest BCUT2D eigenvalue weighted by Gasteiger charge is -2.16. The standard InChI is InChI=1S/C24H20N4O2/c1-17(18-11-13-20(14-12-18)28-16-25-15-26-28)27-24(30)22-10-6-5-9-21(22)23(29)19-7-3-2-4-8-19/h2-17H,1H3,(H,27,30)/t17-/m0/s1. The zero-order chi connectivity index (χ0) is 20.9. The fraction of sp³-hybridized carbons (Fsp3) is 0.0833. The van der Waals surface area contributed by atoms with Crippen LogP contribution in [-0.2, 0) is 0 Å². The lowest BCUT2D eigenvalue weighted by atomic mass is 9.97. The van der Waals surface area contributed by atoms with Crippen molar-refractivity contribution < 1.29 is 9.59 Å². The third-order valence-electron chi connectivity index (χ3n) is 4.88. The first-order valence-electron chi connectivity index (χ1n) is 9.58. The van der Waals surface area contributed by atoms with E-state index in [0.717, 1.165) is 11.3 Å². The van der Waals surface area contributed by atoms with E-state index in [1.807, 2.05) is 37.3 Å². The molecule has 1 atom stereocenters. The van der Waals surface area contributed by atoms with Crippen molar-refractivity contribution in [2.24, 2.45) is 0 Å². The highest BCUT2D eigenvalue weighted by molar-refractivity contribution is 6.15. The van der Waals surface area contributed by atoms with Crippen LogP contribution in [0.3, 0.4) is 0 Å². The number of hydrogen-bond donors (Lipinski definition) is 1. The number of amides is 1. The molecule has 0 aliphatic heterocycles. The molecule has 4 aromatic rings. The van der Waals surface area contributed by atoms with Gasteiger partial charge in [-0.15, -0.1) is 0 Å². The molecule has 1 N–H and O–H groups in total. The molecule has 1 aromatic heterocycles. The predicted octanol–water partition coefficient (Wildman–Crippen LogP) is 3.99. The van der Waals surface area contributed by atoms with Gasteiger partial charge in [0.15, 0.2) is 5.78 Å². The summed E-state index contributed by atoms with van der Waals surface area (Å²) in [6.07, 6.45) is 3.10. The highest BCUT2D eigenvalue weighted by Gasteiger charge is 2.19. The molecule has 0 spiro atoms. The maximum Gasteiger partial charge on any atom is 0.252 e. The first-order chi connectivity index (χ1) is 14.6. The van der Waals surface area contributed by atoms with Crippen LogP contribution in [0.2, 0.25) is 0 Å². The van der Waals surface area contributed by atoms with E-state index in [0.29, 0.717) is 16.7 Å². The van der Waals surface area contributed by atoms with Gasteiger partial charge in [-0.1, -0.05) is 60.7 Å². The van der Waals surface area contributed by atoms with Gasteiger partial charge in [0.25, 0.3) is 5.91 Å². The molecule has 0 bridgehead atoms. The molecule has 6 nitrogen and oxygen atoms in total. The van der Waals surface area contributed by atoms with E-state index in [1.165, 1.54) is 6.33 Å². The quantitative estimate of drug-likeness (QED) is 0.500. The van der Waals surface area contributed by atoms with Crippen molar-refractivity contribution in [2.75, 3.05) is 0 Å². The molecule has 0 unspecified atom stereocenters. The van der Waals surface area contributed by atoms with Gasteiger partial charge in [-0.25, -0.2) is 9.67 Å². The molecular formula is C24H20N4O2. The predicted molar refractivity (Wildman–Crippen MR) is 114 cm³/mol. The second-order valence-corrected chi connectivity index (χ2v) is 6.87. The van der Waals surface area contributed by atoms with Gasteiger partial charge in [0.1, 0.15) is 12.7 Å². The summed E-state index contributed by atoms with van der Waals surface area (Å²) in [6, 6.07) is 23.3. The Morgan fingerprint density at radius 1 is 0.867 bits per heavy atom. The van der Waals surface area contributed by atoms with Gasteiger partial charge >= 0.3 is 0 Å². The van der Waals surface area contributed by atoms with E-state index in [4.69, 9.17) is 0 Å². The minimum absolute atomic E-state index is 0.175. The number of nitrogens with zero attached hydrogens (tertiary/aromatic N) is 3. The number of aromatic nitrogens is 3. The lowest BCUT2D eigenvalue weighted by Crippen LogP contribution is -2.28. The third kappa shape index (κ3) is 4.03. The second-order valence-electron chi connectivity index (χ2n) is 6.87. The maximum absolute atomic E-state index is 13.0. The van der Waals surface area contributed by atoms with E-state index in [1.54, 1.807) is 59.5 Å². The largest absolute Gasteiger partial charge is 0.345 e. The Balaban J connectivity index is 1.52. The summed E-state index contributed by atoms with van der Waals surface area (Å²) in [6.45, 7) is 1.91. The summed E-state index contributed by atoms with van der Waals surface area (Å²) in [5.74, 6) is -0.464. The molecule has 0 radical (unpaired) electrons. The summed E-state index contributed by atoms with van der Waals surface area (Å²) in [5.41, 5.74) is 3.12. The molecule has 3 aromatic carbocycles. The van der Waals surface area contributed by atoms with Gasteiger partial charge in [-0.2, -0.15) is 5.10 Å². The normalized spacial score (nSPS) is 11.6. The van der Waals surface area contributed by atoms with Crippen LogP contribution in [0, 0.1) is 0 Å². The van der Waals surface area contributed by atoms with Crippen molar-refractivity contribution in [1.82, 2.24) is 20.1 Å². The van der Waals surface area contributed by atoms with E-state index in [9.17, 15) is 9.59 Å². The Morgan fingerprint density at radius 3 is 2.20 bits per heavy atom. The summed E-state index contributed by atoms with van der Waals surface area (Å²) in [7, 11) is 0. The van der Waals surface area contributed by atoms with Gasteiger partial charge < -0.3 is 5.32 Å². The second kappa shape index (κ2) is 8.53. The molecule has 148 valence electrons. The Labute approximate surface area is 174 Å². The topological polar surface area (TPSA) is 76.9 Å². The summed E-state index contributed by atoms with van der Waals surface area (Å²) in [4.78, 5) is 29.8. The van der Waals surface area contributed by atoms with Crippen LogP contribution in [0.4, 0.5) is 0 Å². The van der Waals surface area contributed by atoms with Crippen LogP contribution in [0.1, 0.15) is 44.8 Å².